The molecule has 1 fully saturated rings. The number of piperidine rings is 1. The summed E-state index contributed by atoms with van der Waals surface area (Å²) in [6.07, 6.45) is 6.96. The standard InChI is InChI=1S/C23H29N5O4S/c1-32-12-2-3-17-8-10-28(11-9-17)33(30,31)21-6-4-18(5-7-21)14-25-23(29)20-13-19-16-26-27-22(19)24-15-20/h4-7,13,15-17H,2-3,8-12,14H2,1H3,(H,25,29)(H,24,26,27). The quantitative estimate of drug-likeness (QED) is 0.464. The summed E-state index contributed by atoms with van der Waals surface area (Å²) in [4.78, 5) is 16.9. The van der Waals surface area contributed by atoms with Crippen LogP contribution in [0.4, 0.5) is 0 Å². The second-order valence-corrected chi connectivity index (χ2v) is 10.3. The van der Waals surface area contributed by atoms with E-state index in [4.69, 9.17) is 4.74 Å². The molecule has 4 rings (SSSR count). The molecule has 1 aliphatic heterocycles. The average Bonchev–Trinajstić information content (AvgIpc) is 3.31. The van der Waals surface area contributed by atoms with E-state index in [1.807, 2.05) is 0 Å². The van der Waals surface area contributed by atoms with E-state index in [9.17, 15) is 13.2 Å². The maximum absolute atomic E-state index is 13.0. The van der Waals surface area contributed by atoms with Crippen molar-refractivity contribution in [2.75, 3.05) is 26.8 Å². The van der Waals surface area contributed by atoms with Gasteiger partial charge in [0.25, 0.3) is 5.91 Å². The van der Waals surface area contributed by atoms with Crippen LogP contribution < -0.4 is 5.32 Å². The molecule has 3 aromatic rings. The Morgan fingerprint density at radius 2 is 1.97 bits per heavy atom. The normalized spacial score (nSPS) is 15.7. The Morgan fingerprint density at radius 1 is 1.21 bits per heavy atom. The van der Waals surface area contributed by atoms with Crippen LogP contribution in [-0.4, -0.2) is 60.6 Å². The molecule has 1 saturated heterocycles. The third kappa shape index (κ3) is 5.58. The first-order valence-corrected chi connectivity index (χ1v) is 12.6. The van der Waals surface area contributed by atoms with E-state index < -0.39 is 10.0 Å². The molecular weight excluding hydrogens is 442 g/mol. The second kappa shape index (κ2) is 10.4. The van der Waals surface area contributed by atoms with E-state index in [-0.39, 0.29) is 17.3 Å². The zero-order chi connectivity index (χ0) is 23.3. The molecule has 2 aromatic heterocycles. The Balaban J connectivity index is 1.31. The first-order valence-electron chi connectivity index (χ1n) is 11.1. The molecule has 0 spiro atoms. The van der Waals surface area contributed by atoms with Gasteiger partial charge in [-0.15, -0.1) is 0 Å². The molecule has 1 amide bonds. The molecule has 0 radical (unpaired) electrons. The van der Waals surface area contributed by atoms with Crippen LogP contribution in [0, 0.1) is 5.92 Å². The Morgan fingerprint density at radius 3 is 2.70 bits per heavy atom. The number of hydrogen-bond donors (Lipinski definition) is 2. The van der Waals surface area contributed by atoms with Gasteiger partial charge in [-0.05, 0) is 55.4 Å². The van der Waals surface area contributed by atoms with Crippen molar-refractivity contribution in [3.05, 3.63) is 53.9 Å². The van der Waals surface area contributed by atoms with Crippen molar-refractivity contribution in [1.82, 2.24) is 24.8 Å². The number of sulfonamides is 1. The minimum absolute atomic E-state index is 0.254. The Hall–Kier alpha value is -2.82. The number of nitrogens with one attached hydrogen (secondary N) is 2. The monoisotopic (exact) mass is 471 g/mol. The molecule has 0 saturated carbocycles. The van der Waals surface area contributed by atoms with E-state index in [0.717, 1.165) is 43.2 Å². The number of aromatic nitrogens is 3. The number of rotatable bonds is 9. The predicted octanol–water partition coefficient (Wildman–Crippen LogP) is 2.72. The number of hydrogen-bond acceptors (Lipinski definition) is 6. The summed E-state index contributed by atoms with van der Waals surface area (Å²) in [6.45, 7) is 2.14. The molecule has 0 unspecified atom stereocenters. The van der Waals surface area contributed by atoms with Crippen LogP contribution in [0.1, 0.15) is 41.6 Å². The van der Waals surface area contributed by atoms with Gasteiger partial charge in [0.05, 0.1) is 16.7 Å². The topological polar surface area (TPSA) is 117 Å². The lowest BCUT2D eigenvalue weighted by Crippen LogP contribution is -2.38. The number of carbonyl (C=O) groups is 1. The summed E-state index contributed by atoms with van der Waals surface area (Å²) in [5.41, 5.74) is 1.88. The second-order valence-electron chi connectivity index (χ2n) is 8.34. The molecule has 1 aromatic carbocycles. The summed E-state index contributed by atoms with van der Waals surface area (Å²) < 4.78 is 32.7. The van der Waals surface area contributed by atoms with Crippen molar-refractivity contribution in [2.24, 2.45) is 5.92 Å². The van der Waals surface area contributed by atoms with Crippen LogP contribution in [0.25, 0.3) is 11.0 Å². The SMILES string of the molecule is COCCCC1CCN(S(=O)(=O)c2ccc(CNC(=O)c3cnc4[nH]ncc4c3)cc2)CC1. The summed E-state index contributed by atoms with van der Waals surface area (Å²) in [5, 5.41) is 10.2. The Labute approximate surface area is 193 Å². The molecular formula is C23H29N5O4S. The highest BCUT2D eigenvalue weighted by Crippen LogP contribution is 2.26. The zero-order valence-electron chi connectivity index (χ0n) is 18.7. The molecule has 10 heteroatoms. The summed E-state index contributed by atoms with van der Waals surface area (Å²) in [6, 6.07) is 8.42. The van der Waals surface area contributed by atoms with Gasteiger partial charge in [0, 0.05) is 44.9 Å². The van der Waals surface area contributed by atoms with Gasteiger partial charge in [-0.3, -0.25) is 9.89 Å². The highest BCUT2D eigenvalue weighted by atomic mass is 32.2. The molecule has 0 atom stereocenters. The highest BCUT2D eigenvalue weighted by molar-refractivity contribution is 7.89. The number of aromatic amines is 1. The van der Waals surface area contributed by atoms with Crippen LogP contribution in [0.5, 0.6) is 0 Å². The lowest BCUT2D eigenvalue weighted by atomic mass is 9.93. The maximum atomic E-state index is 13.0. The van der Waals surface area contributed by atoms with Gasteiger partial charge in [-0.25, -0.2) is 13.4 Å². The molecule has 2 N–H and O–H groups in total. The number of carbonyl (C=O) groups excluding carboxylic acids is 1. The van der Waals surface area contributed by atoms with Crippen molar-refractivity contribution in [3.8, 4) is 0 Å². The van der Waals surface area contributed by atoms with Crippen molar-refractivity contribution in [1.29, 1.82) is 0 Å². The Kier molecular flexibility index (Phi) is 7.36. The van der Waals surface area contributed by atoms with E-state index >= 15 is 0 Å². The highest BCUT2D eigenvalue weighted by Gasteiger charge is 2.29. The lowest BCUT2D eigenvalue weighted by Gasteiger charge is -2.31. The fraction of sp³-hybridized carbons (Fsp3) is 0.435. The van der Waals surface area contributed by atoms with Crippen molar-refractivity contribution in [3.63, 3.8) is 0 Å². The van der Waals surface area contributed by atoms with Gasteiger partial charge in [-0.1, -0.05) is 12.1 Å². The van der Waals surface area contributed by atoms with Gasteiger partial charge in [0.1, 0.15) is 0 Å². The van der Waals surface area contributed by atoms with Crippen LogP contribution >= 0.6 is 0 Å². The molecule has 0 aliphatic carbocycles. The molecule has 1 aliphatic rings. The smallest absolute Gasteiger partial charge is 0.253 e. The first kappa shape index (κ1) is 23.3. The number of fused-ring (bicyclic) bond motifs is 1. The minimum atomic E-state index is -3.51. The van der Waals surface area contributed by atoms with Gasteiger partial charge < -0.3 is 10.1 Å². The van der Waals surface area contributed by atoms with Crippen molar-refractivity contribution >= 4 is 27.0 Å². The summed E-state index contributed by atoms with van der Waals surface area (Å²) >= 11 is 0. The largest absolute Gasteiger partial charge is 0.385 e. The van der Waals surface area contributed by atoms with Crippen molar-refractivity contribution in [2.45, 2.75) is 37.1 Å². The minimum Gasteiger partial charge on any atom is -0.385 e. The predicted molar refractivity (Wildman–Crippen MR) is 124 cm³/mol. The number of methoxy groups -OCH3 is 1. The van der Waals surface area contributed by atoms with E-state index in [1.54, 1.807) is 47.9 Å². The van der Waals surface area contributed by atoms with E-state index in [0.29, 0.717) is 30.2 Å². The fourth-order valence-corrected chi connectivity index (χ4v) is 5.60. The molecule has 33 heavy (non-hydrogen) atoms. The zero-order valence-corrected chi connectivity index (χ0v) is 19.5. The average molecular weight is 472 g/mol. The number of nitrogens with zero attached hydrogens (tertiary/aromatic N) is 3. The van der Waals surface area contributed by atoms with Gasteiger partial charge in [0.15, 0.2) is 5.65 Å². The van der Waals surface area contributed by atoms with Crippen LogP contribution in [-0.2, 0) is 21.3 Å². The molecule has 176 valence electrons. The third-order valence-corrected chi connectivity index (χ3v) is 8.01. The molecule has 9 nitrogen and oxygen atoms in total. The Bertz CT molecular complexity index is 1190. The van der Waals surface area contributed by atoms with Gasteiger partial charge in [0.2, 0.25) is 10.0 Å². The van der Waals surface area contributed by atoms with Crippen LogP contribution in [0.15, 0.2) is 47.6 Å². The van der Waals surface area contributed by atoms with Crippen LogP contribution in [0.3, 0.4) is 0 Å². The fourth-order valence-electron chi connectivity index (χ4n) is 4.13. The first-order chi connectivity index (χ1) is 16.0. The molecule has 0 bridgehead atoms. The molecule has 3 heterocycles. The van der Waals surface area contributed by atoms with Crippen LogP contribution in [0.2, 0.25) is 0 Å². The van der Waals surface area contributed by atoms with Gasteiger partial charge >= 0.3 is 0 Å². The number of benzene rings is 1. The number of H-pyrrole nitrogens is 1. The summed E-state index contributed by atoms with van der Waals surface area (Å²) in [7, 11) is -1.81. The number of amides is 1. The lowest BCUT2D eigenvalue weighted by molar-refractivity contribution is 0.0950. The number of ether oxygens (including phenoxy) is 1. The van der Waals surface area contributed by atoms with E-state index in [2.05, 4.69) is 20.5 Å². The number of pyridine rings is 1. The van der Waals surface area contributed by atoms with Gasteiger partial charge in [-0.2, -0.15) is 9.40 Å². The van der Waals surface area contributed by atoms with E-state index in [1.165, 1.54) is 6.20 Å². The van der Waals surface area contributed by atoms with Crippen molar-refractivity contribution < 1.29 is 17.9 Å². The maximum Gasteiger partial charge on any atom is 0.253 e. The third-order valence-electron chi connectivity index (χ3n) is 6.10. The summed E-state index contributed by atoms with van der Waals surface area (Å²) in [5.74, 6) is 0.303.